The molecule has 0 saturated heterocycles. The van der Waals surface area contributed by atoms with E-state index in [1.165, 1.54) is 0 Å². The van der Waals surface area contributed by atoms with Gasteiger partial charge in [-0.15, -0.1) is 10.1 Å². The summed E-state index contributed by atoms with van der Waals surface area (Å²) in [4.78, 5) is 36.7. The Morgan fingerprint density at radius 1 is 1.11 bits per heavy atom. The number of ketones is 2. The number of carbonyl (C=O) groups excluding carboxylic acids is 2. The van der Waals surface area contributed by atoms with Crippen molar-refractivity contribution in [3.63, 3.8) is 0 Å². The molecule has 0 aromatic carbocycles. The van der Waals surface area contributed by atoms with Crippen molar-refractivity contribution < 1.29 is 19.5 Å². The smallest absolute Gasteiger partial charge is 0.294 e. The van der Waals surface area contributed by atoms with Gasteiger partial charge in [-0.3, -0.25) is 9.59 Å². The molecule has 104 valence electrons. The van der Waals surface area contributed by atoms with E-state index in [1.807, 2.05) is 0 Å². The summed E-state index contributed by atoms with van der Waals surface area (Å²) in [6.45, 7) is 6.09. The zero-order valence-corrected chi connectivity index (χ0v) is 11.2. The first-order chi connectivity index (χ1) is 8.22. The van der Waals surface area contributed by atoms with Gasteiger partial charge in [0.25, 0.3) is 5.09 Å². The summed E-state index contributed by atoms with van der Waals surface area (Å²) in [5.41, 5.74) is 0.156. The van der Waals surface area contributed by atoms with Gasteiger partial charge in [-0.2, -0.15) is 0 Å². The first kappa shape index (κ1) is 16.5. The summed E-state index contributed by atoms with van der Waals surface area (Å²) in [5.74, 6) is -0.851. The molecule has 0 N–H and O–H groups in total. The van der Waals surface area contributed by atoms with Crippen LogP contribution >= 0.6 is 0 Å². The Labute approximate surface area is 107 Å². The second-order valence-corrected chi connectivity index (χ2v) is 5.42. The van der Waals surface area contributed by atoms with Crippen LogP contribution < -0.4 is 0 Å². The highest BCUT2D eigenvalue weighted by Crippen LogP contribution is 2.21. The lowest BCUT2D eigenvalue weighted by Gasteiger charge is -2.16. The molecule has 0 unspecified atom stereocenters. The number of nitrogens with zero attached hydrogens (tertiary/aromatic N) is 1. The van der Waals surface area contributed by atoms with E-state index >= 15 is 0 Å². The fraction of sp³-hybridized carbons (Fsp3) is 0.833. The molecule has 0 aliphatic heterocycles. The topological polar surface area (TPSA) is 86.5 Å². The molecule has 0 fully saturated rings. The standard InChI is InChI=1S/C12H21NO5/c1-12(2,3)8-4-6-10(14)11(15)7-5-9-18-13(16)17/h4-9H2,1-3H3. The van der Waals surface area contributed by atoms with E-state index in [1.54, 1.807) is 0 Å². The normalized spacial score (nSPS) is 11.1. The van der Waals surface area contributed by atoms with Gasteiger partial charge in [0.2, 0.25) is 0 Å². The molecule has 0 amide bonds. The molecule has 0 rings (SSSR count). The summed E-state index contributed by atoms with van der Waals surface area (Å²) in [7, 11) is 0. The summed E-state index contributed by atoms with van der Waals surface area (Å²) < 4.78 is 0. The Kier molecular flexibility index (Phi) is 7.16. The summed E-state index contributed by atoms with van der Waals surface area (Å²) in [5, 5.41) is 8.94. The van der Waals surface area contributed by atoms with Crippen LogP contribution in [0.2, 0.25) is 0 Å². The van der Waals surface area contributed by atoms with Crippen LogP contribution in [0.15, 0.2) is 0 Å². The first-order valence-electron chi connectivity index (χ1n) is 6.06. The molecule has 0 aromatic heterocycles. The van der Waals surface area contributed by atoms with Crippen molar-refractivity contribution in [1.29, 1.82) is 0 Å². The van der Waals surface area contributed by atoms with Crippen molar-refractivity contribution in [2.75, 3.05) is 6.61 Å². The summed E-state index contributed by atoms with van der Waals surface area (Å²) in [6.07, 6.45) is 2.05. The van der Waals surface area contributed by atoms with E-state index in [-0.39, 0.29) is 37.1 Å². The van der Waals surface area contributed by atoms with Crippen molar-refractivity contribution in [1.82, 2.24) is 0 Å². The molecule has 0 aromatic rings. The zero-order valence-electron chi connectivity index (χ0n) is 11.2. The highest BCUT2D eigenvalue weighted by Gasteiger charge is 2.15. The van der Waals surface area contributed by atoms with Crippen LogP contribution in [-0.2, 0) is 14.4 Å². The molecule has 6 heteroatoms. The van der Waals surface area contributed by atoms with Crippen LogP contribution in [0.25, 0.3) is 0 Å². The highest BCUT2D eigenvalue weighted by atomic mass is 16.9. The second-order valence-electron chi connectivity index (χ2n) is 5.42. The van der Waals surface area contributed by atoms with Gasteiger partial charge in [0, 0.05) is 12.8 Å². The monoisotopic (exact) mass is 259 g/mol. The van der Waals surface area contributed by atoms with Gasteiger partial charge in [-0.05, 0) is 24.7 Å². The van der Waals surface area contributed by atoms with Crippen LogP contribution in [-0.4, -0.2) is 23.3 Å². The zero-order chi connectivity index (χ0) is 14.2. The predicted octanol–water partition coefficient (Wildman–Crippen LogP) is 2.33. The summed E-state index contributed by atoms with van der Waals surface area (Å²) in [6, 6.07) is 0. The van der Waals surface area contributed by atoms with E-state index in [0.717, 1.165) is 6.42 Å². The molecule has 0 atom stereocenters. The number of hydrogen-bond donors (Lipinski definition) is 0. The van der Waals surface area contributed by atoms with Crippen LogP contribution in [0.5, 0.6) is 0 Å². The van der Waals surface area contributed by atoms with Gasteiger partial charge in [0.1, 0.15) is 0 Å². The lowest BCUT2D eigenvalue weighted by molar-refractivity contribution is -0.757. The van der Waals surface area contributed by atoms with Gasteiger partial charge in [0.05, 0.1) is 6.61 Å². The SMILES string of the molecule is CC(C)(C)CCCC(=O)C(=O)CCCO[N+](=O)[O-]. The minimum atomic E-state index is -0.907. The molecule has 0 bridgehead atoms. The van der Waals surface area contributed by atoms with E-state index < -0.39 is 10.9 Å². The third-order valence-electron chi connectivity index (χ3n) is 2.39. The Morgan fingerprint density at radius 3 is 2.06 bits per heavy atom. The molecule has 0 radical (unpaired) electrons. The summed E-state index contributed by atoms with van der Waals surface area (Å²) >= 11 is 0. The lowest BCUT2D eigenvalue weighted by Crippen LogP contribution is -2.15. The van der Waals surface area contributed by atoms with E-state index in [4.69, 9.17) is 0 Å². The molecule has 0 saturated carbocycles. The van der Waals surface area contributed by atoms with Crippen LogP contribution in [0, 0.1) is 15.5 Å². The molecule has 0 heterocycles. The largest absolute Gasteiger partial charge is 0.314 e. The highest BCUT2D eigenvalue weighted by molar-refractivity contribution is 6.37. The number of carbonyl (C=O) groups is 2. The second kappa shape index (κ2) is 7.79. The predicted molar refractivity (Wildman–Crippen MR) is 65.5 cm³/mol. The molecular formula is C12H21NO5. The van der Waals surface area contributed by atoms with Crippen molar-refractivity contribution in [3.8, 4) is 0 Å². The fourth-order valence-corrected chi connectivity index (χ4v) is 1.43. The lowest BCUT2D eigenvalue weighted by atomic mass is 9.89. The van der Waals surface area contributed by atoms with Gasteiger partial charge >= 0.3 is 0 Å². The minimum Gasteiger partial charge on any atom is -0.314 e. The third kappa shape index (κ3) is 9.74. The van der Waals surface area contributed by atoms with Crippen LogP contribution in [0.1, 0.15) is 52.9 Å². The Morgan fingerprint density at radius 2 is 1.61 bits per heavy atom. The van der Waals surface area contributed by atoms with Gasteiger partial charge < -0.3 is 4.84 Å². The maximum Gasteiger partial charge on any atom is 0.294 e. The van der Waals surface area contributed by atoms with Gasteiger partial charge in [0.15, 0.2) is 11.6 Å². The molecular weight excluding hydrogens is 238 g/mol. The Bertz CT molecular complexity index is 306. The molecule has 0 aliphatic rings. The molecule has 0 aliphatic carbocycles. The number of Topliss-reactive ketones (excluding diaryl/α,β-unsaturated/α-hetero) is 2. The van der Waals surface area contributed by atoms with Gasteiger partial charge in [-0.25, -0.2) is 0 Å². The molecule has 6 nitrogen and oxygen atoms in total. The Balaban J connectivity index is 3.70. The van der Waals surface area contributed by atoms with Crippen LogP contribution in [0.4, 0.5) is 0 Å². The minimum absolute atomic E-state index is 0.0161. The average molecular weight is 259 g/mol. The number of hydrogen-bond acceptors (Lipinski definition) is 5. The number of rotatable bonds is 9. The van der Waals surface area contributed by atoms with Gasteiger partial charge in [-0.1, -0.05) is 20.8 Å². The molecule has 18 heavy (non-hydrogen) atoms. The average Bonchev–Trinajstić information content (AvgIpc) is 2.21. The van der Waals surface area contributed by atoms with Crippen molar-refractivity contribution in [2.24, 2.45) is 5.41 Å². The maximum absolute atomic E-state index is 11.4. The fourth-order valence-electron chi connectivity index (χ4n) is 1.43. The third-order valence-corrected chi connectivity index (χ3v) is 2.39. The molecule has 0 spiro atoms. The maximum atomic E-state index is 11.4. The first-order valence-corrected chi connectivity index (χ1v) is 6.06. The van der Waals surface area contributed by atoms with E-state index in [0.29, 0.717) is 6.42 Å². The van der Waals surface area contributed by atoms with E-state index in [2.05, 4.69) is 25.6 Å². The van der Waals surface area contributed by atoms with Crippen molar-refractivity contribution in [2.45, 2.75) is 52.9 Å². The van der Waals surface area contributed by atoms with E-state index in [9.17, 15) is 19.7 Å². The van der Waals surface area contributed by atoms with Crippen LogP contribution in [0.3, 0.4) is 0 Å². The Hall–Kier alpha value is -1.46. The van der Waals surface area contributed by atoms with Crippen molar-refractivity contribution in [3.05, 3.63) is 10.1 Å². The quantitative estimate of drug-likeness (QED) is 0.274. The van der Waals surface area contributed by atoms with Crippen molar-refractivity contribution >= 4 is 11.6 Å².